The molecule has 3 unspecified atom stereocenters. The summed E-state index contributed by atoms with van der Waals surface area (Å²) in [5.74, 6) is 0. The van der Waals surface area contributed by atoms with Crippen molar-refractivity contribution in [3.8, 4) is 0 Å². The molecule has 1 aliphatic carbocycles. The van der Waals surface area contributed by atoms with Gasteiger partial charge < -0.3 is 5.32 Å². The zero-order chi connectivity index (χ0) is 14.1. The summed E-state index contributed by atoms with van der Waals surface area (Å²) in [6.45, 7) is 11.0. The van der Waals surface area contributed by atoms with E-state index in [0.717, 1.165) is 24.2 Å². The van der Waals surface area contributed by atoms with E-state index in [1.165, 1.54) is 58.2 Å². The van der Waals surface area contributed by atoms with Crippen LogP contribution in [0, 0.1) is 0 Å². The molecule has 3 atom stereocenters. The van der Waals surface area contributed by atoms with Gasteiger partial charge in [0, 0.05) is 43.3 Å². The minimum Gasteiger partial charge on any atom is -0.313 e. The standard InChI is InChI=1S/C17H33N3/c1-13(2)19(11-15-6-4-5-9-18-15)17-10-14(3)20(12-17)16-7-8-16/h13-18H,4-12H2,1-3H3. The molecule has 2 heterocycles. The van der Waals surface area contributed by atoms with E-state index in [1.54, 1.807) is 0 Å². The Balaban J connectivity index is 1.58. The van der Waals surface area contributed by atoms with Crippen molar-refractivity contribution in [1.82, 2.24) is 15.1 Å². The average molecular weight is 279 g/mol. The number of nitrogens with one attached hydrogen (secondary N) is 1. The van der Waals surface area contributed by atoms with E-state index >= 15 is 0 Å². The third kappa shape index (κ3) is 3.37. The molecular formula is C17H33N3. The number of rotatable bonds is 5. The smallest absolute Gasteiger partial charge is 0.0241 e. The van der Waals surface area contributed by atoms with E-state index in [4.69, 9.17) is 0 Å². The second kappa shape index (κ2) is 6.33. The highest BCUT2D eigenvalue weighted by molar-refractivity contribution is 4.98. The first-order valence-corrected chi connectivity index (χ1v) is 8.90. The van der Waals surface area contributed by atoms with Crippen LogP contribution < -0.4 is 5.32 Å². The van der Waals surface area contributed by atoms with Crippen LogP contribution in [0.5, 0.6) is 0 Å². The summed E-state index contributed by atoms with van der Waals surface area (Å²) in [5.41, 5.74) is 0. The largest absolute Gasteiger partial charge is 0.313 e. The topological polar surface area (TPSA) is 18.5 Å². The molecule has 3 aliphatic rings. The maximum atomic E-state index is 3.73. The van der Waals surface area contributed by atoms with Gasteiger partial charge in [0.2, 0.25) is 0 Å². The Labute approximate surface area is 125 Å². The van der Waals surface area contributed by atoms with Crippen LogP contribution in [0.3, 0.4) is 0 Å². The van der Waals surface area contributed by atoms with Crippen molar-refractivity contribution < 1.29 is 0 Å². The third-order valence-electron chi connectivity index (χ3n) is 5.59. The van der Waals surface area contributed by atoms with Gasteiger partial charge in [0.15, 0.2) is 0 Å². The SMILES string of the molecule is CC(C)N(CC1CCCCN1)C1CC(C)N(C2CC2)C1. The van der Waals surface area contributed by atoms with E-state index < -0.39 is 0 Å². The van der Waals surface area contributed by atoms with E-state index in [0.29, 0.717) is 6.04 Å². The summed E-state index contributed by atoms with van der Waals surface area (Å²) < 4.78 is 0. The van der Waals surface area contributed by atoms with Crippen molar-refractivity contribution in [2.24, 2.45) is 0 Å². The van der Waals surface area contributed by atoms with Crippen molar-refractivity contribution in [3.63, 3.8) is 0 Å². The summed E-state index contributed by atoms with van der Waals surface area (Å²) in [4.78, 5) is 5.58. The van der Waals surface area contributed by atoms with Crippen LogP contribution in [0.4, 0.5) is 0 Å². The van der Waals surface area contributed by atoms with Gasteiger partial charge in [0.25, 0.3) is 0 Å². The molecule has 1 saturated carbocycles. The highest BCUT2D eigenvalue weighted by atomic mass is 15.3. The molecule has 0 amide bonds. The first-order valence-electron chi connectivity index (χ1n) is 8.90. The number of hydrogen-bond donors (Lipinski definition) is 1. The summed E-state index contributed by atoms with van der Waals surface area (Å²) in [7, 11) is 0. The molecule has 3 nitrogen and oxygen atoms in total. The molecular weight excluding hydrogens is 246 g/mol. The van der Waals surface area contributed by atoms with Crippen LogP contribution in [0.2, 0.25) is 0 Å². The minimum atomic E-state index is 0.676. The molecule has 2 aliphatic heterocycles. The highest BCUT2D eigenvalue weighted by Crippen LogP contribution is 2.35. The zero-order valence-corrected chi connectivity index (χ0v) is 13.6. The van der Waals surface area contributed by atoms with Crippen LogP contribution in [0.15, 0.2) is 0 Å². The number of nitrogens with zero attached hydrogens (tertiary/aromatic N) is 2. The molecule has 0 radical (unpaired) electrons. The third-order valence-corrected chi connectivity index (χ3v) is 5.59. The van der Waals surface area contributed by atoms with Crippen molar-refractivity contribution in [3.05, 3.63) is 0 Å². The fraction of sp³-hybridized carbons (Fsp3) is 1.00. The first-order chi connectivity index (χ1) is 9.65. The maximum absolute atomic E-state index is 3.73. The fourth-order valence-corrected chi connectivity index (χ4v) is 4.30. The summed E-state index contributed by atoms with van der Waals surface area (Å²) in [6, 6.07) is 3.92. The lowest BCUT2D eigenvalue weighted by atomic mass is 10.0. The van der Waals surface area contributed by atoms with Gasteiger partial charge in [-0.15, -0.1) is 0 Å². The van der Waals surface area contributed by atoms with Crippen molar-refractivity contribution >= 4 is 0 Å². The van der Waals surface area contributed by atoms with E-state index in [1.807, 2.05) is 0 Å². The molecule has 1 N–H and O–H groups in total. The summed E-state index contributed by atoms with van der Waals surface area (Å²) in [6.07, 6.45) is 8.43. The number of likely N-dealkylation sites (tertiary alicyclic amines) is 1. The van der Waals surface area contributed by atoms with Crippen LogP contribution in [-0.4, -0.2) is 59.6 Å². The molecule has 0 bridgehead atoms. The lowest BCUT2D eigenvalue weighted by Gasteiger charge is -2.37. The maximum Gasteiger partial charge on any atom is 0.0241 e. The van der Waals surface area contributed by atoms with Crippen LogP contribution >= 0.6 is 0 Å². The second-order valence-corrected chi connectivity index (χ2v) is 7.60. The normalized spacial score (nSPS) is 36.1. The molecule has 0 aromatic rings. The van der Waals surface area contributed by atoms with Gasteiger partial charge in [-0.1, -0.05) is 6.42 Å². The lowest BCUT2D eigenvalue weighted by Crippen LogP contribution is -2.50. The van der Waals surface area contributed by atoms with Gasteiger partial charge in [-0.2, -0.15) is 0 Å². The monoisotopic (exact) mass is 279 g/mol. The van der Waals surface area contributed by atoms with Gasteiger partial charge in [-0.3, -0.25) is 9.80 Å². The van der Waals surface area contributed by atoms with Gasteiger partial charge >= 0.3 is 0 Å². The molecule has 3 fully saturated rings. The van der Waals surface area contributed by atoms with Crippen molar-refractivity contribution in [2.75, 3.05) is 19.6 Å². The van der Waals surface area contributed by atoms with Gasteiger partial charge in [0.05, 0.1) is 0 Å². The highest BCUT2D eigenvalue weighted by Gasteiger charge is 2.41. The molecule has 116 valence electrons. The van der Waals surface area contributed by atoms with Gasteiger partial charge in [0.1, 0.15) is 0 Å². The Morgan fingerprint density at radius 1 is 1.20 bits per heavy atom. The molecule has 0 aromatic carbocycles. The number of piperidine rings is 1. The minimum absolute atomic E-state index is 0.676. The van der Waals surface area contributed by atoms with E-state index in [9.17, 15) is 0 Å². The predicted molar refractivity (Wildman–Crippen MR) is 85.1 cm³/mol. The Bertz CT molecular complexity index is 307. The van der Waals surface area contributed by atoms with Gasteiger partial charge in [-0.05, 0) is 59.4 Å². The Hall–Kier alpha value is -0.120. The Morgan fingerprint density at radius 3 is 2.60 bits per heavy atom. The van der Waals surface area contributed by atoms with Crippen molar-refractivity contribution in [2.45, 2.75) is 89.5 Å². The molecule has 3 rings (SSSR count). The fourth-order valence-electron chi connectivity index (χ4n) is 4.30. The summed E-state index contributed by atoms with van der Waals surface area (Å²) >= 11 is 0. The first kappa shape index (κ1) is 14.8. The van der Waals surface area contributed by atoms with Crippen LogP contribution in [-0.2, 0) is 0 Å². The summed E-state index contributed by atoms with van der Waals surface area (Å²) in [5, 5.41) is 3.73. The molecule has 0 spiro atoms. The quantitative estimate of drug-likeness (QED) is 0.834. The van der Waals surface area contributed by atoms with Crippen molar-refractivity contribution in [1.29, 1.82) is 0 Å². The molecule has 0 aromatic heterocycles. The second-order valence-electron chi connectivity index (χ2n) is 7.60. The van der Waals surface area contributed by atoms with Crippen LogP contribution in [0.25, 0.3) is 0 Å². The Kier molecular flexibility index (Phi) is 4.68. The Morgan fingerprint density at radius 2 is 2.00 bits per heavy atom. The predicted octanol–water partition coefficient (Wildman–Crippen LogP) is 2.46. The average Bonchev–Trinajstić information content (AvgIpc) is 3.20. The number of hydrogen-bond acceptors (Lipinski definition) is 3. The van der Waals surface area contributed by atoms with E-state index in [2.05, 4.69) is 35.9 Å². The molecule has 20 heavy (non-hydrogen) atoms. The van der Waals surface area contributed by atoms with Crippen LogP contribution in [0.1, 0.15) is 59.3 Å². The van der Waals surface area contributed by atoms with E-state index in [-0.39, 0.29) is 0 Å². The van der Waals surface area contributed by atoms with Gasteiger partial charge in [-0.25, -0.2) is 0 Å². The zero-order valence-electron chi connectivity index (χ0n) is 13.6. The molecule has 2 saturated heterocycles. The molecule has 3 heteroatoms. The lowest BCUT2D eigenvalue weighted by molar-refractivity contribution is 0.128.